The summed E-state index contributed by atoms with van der Waals surface area (Å²) in [4.78, 5) is 25.2. The molecular weight excluding hydrogens is 546 g/mol. The van der Waals surface area contributed by atoms with Crippen molar-refractivity contribution in [2.24, 2.45) is 11.0 Å². The number of amides is 2. The highest BCUT2D eigenvalue weighted by molar-refractivity contribution is 9.10. The monoisotopic (exact) mass is 571 g/mol. The Labute approximate surface area is 224 Å². The number of hydrazone groups is 1. The van der Waals surface area contributed by atoms with Crippen LogP contribution in [-0.4, -0.2) is 31.2 Å². The fourth-order valence-electron chi connectivity index (χ4n) is 3.28. The van der Waals surface area contributed by atoms with E-state index in [2.05, 4.69) is 31.8 Å². The highest BCUT2D eigenvalue weighted by Crippen LogP contribution is 2.37. The van der Waals surface area contributed by atoms with Gasteiger partial charge in [-0.15, -0.1) is 0 Å². The van der Waals surface area contributed by atoms with Gasteiger partial charge in [0.15, 0.2) is 11.5 Å². The van der Waals surface area contributed by atoms with Crippen LogP contribution in [0.1, 0.15) is 35.3 Å². The fourth-order valence-corrected chi connectivity index (χ4v) is 3.98. The zero-order valence-electron chi connectivity index (χ0n) is 20.1. The van der Waals surface area contributed by atoms with Crippen molar-refractivity contribution in [3.8, 4) is 11.5 Å². The van der Waals surface area contributed by atoms with Gasteiger partial charge in [0, 0.05) is 10.6 Å². The Kier molecular flexibility index (Phi) is 9.90. The van der Waals surface area contributed by atoms with Gasteiger partial charge in [0.05, 0.1) is 17.8 Å². The van der Waals surface area contributed by atoms with Crippen molar-refractivity contribution in [2.75, 3.05) is 7.11 Å². The Balaban J connectivity index is 1.65. The number of rotatable bonds is 10. The molecule has 1 atom stereocenters. The van der Waals surface area contributed by atoms with Crippen LogP contribution in [0.5, 0.6) is 11.5 Å². The summed E-state index contributed by atoms with van der Waals surface area (Å²) in [5.41, 5.74) is 4.62. The third-order valence-corrected chi connectivity index (χ3v) is 6.05. The molecule has 188 valence electrons. The molecule has 3 aromatic rings. The molecule has 2 amide bonds. The topological polar surface area (TPSA) is 89.0 Å². The average Bonchev–Trinajstić information content (AvgIpc) is 2.87. The molecule has 0 fully saturated rings. The molecule has 0 bridgehead atoms. The van der Waals surface area contributed by atoms with E-state index in [-0.39, 0.29) is 11.8 Å². The fraction of sp³-hybridized carbons (Fsp3) is 0.222. The maximum Gasteiger partial charge on any atom is 0.262 e. The molecule has 9 heteroatoms. The first-order chi connectivity index (χ1) is 17.3. The predicted octanol–water partition coefficient (Wildman–Crippen LogP) is 5.59. The second-order valence-corrected chi connectivity index (χ2v) is 9.54. The van der Waals surface area contributed by atoms with Crippen LogP contribution in [0.4, 0.5) is 0 Å². The van der Waals surface area contributed by atoms with Crippen LogP contribution in [0.25, 0.3) is 0 Å². The Hall–Kier alpha value is -3.36. The minimum absolute atomic E-state index is 0.140. The lowest BCUT2D eigenvalue weighted by molar-refractivity contribution is -0.123. The number of hydrogen-bond donors (Lipinski definition) is 2. The van der Waals surface area contributed by atoms with E-state index in [1.54, 1.807) is 55.6 Å². The minimum Gasteiger partial charge on any atom is -0.493 e. The molecule has 1 unspecified atom stereocenters. The van der Waals surface area contributed by atoms with E-state index in [1.165, 1.54) is 6.21 Å². The van der Waals surface area contributed by atoms with Crippen LogP contribution in [0.3, 0.4) is 0 Å². The van der Waals surface area contributed by atoms with Gasteiger partial charge in [-0.25, -0.2) is 5.43 Å². The summed E-state index contributed by atoms with van der Waals surface area (Å²) in [5, 5.41) is 7.50. The number of methoxy groups -OCH3 is 1. The third kappa shape index (κ3) is 7.57. The van der Waals surface area contributed by atoms with E-state index in [4.69, 9.17) is 21.1 Å². The highest BCUT2D eigenvalue weighted by Gasteiger charge is 2.24. The quantitative estimate of drug-likeness (QED) is 0.245. The van der Waals surface area contributed by atoms with Crippen molar-refractivity contribution < 1.29 is 19.1 Å². The van der Waals surface area contributed by atoms with Crippen LogP contribution in [0.15, 0.2) is 76.3 Å². The molecule has 0 saturated heterocycles. The lowest BCUT2D eigenvalue weighted by Crippen LogP contribution is -2.48. The summed E-state index contributed by atoms with van der Waals surface area (Å²) in [5.74, 6) is 0.161. The van der Waals surface area contributed by atoms with Gasteiger partial charge in [-0.1, -0.05) is 55.8 Å². The molecule has 3 aromatic carbocycles. The lowest BCUT2D eigenvalue weighted by Gasteiger charge is -2.20. The van der Waals surface area contributed by atoms with E-state index < -0.39 is 11.9 Å². The number of hydrogen-bond acceptors (Lipinski definition) is 5. The summed E-state index contributed by atoms with van der Waals surface area (Å²) in [6.45, 7) is 4.04. The summed E-state index contributed by atoms with van der Waals surface area (Å²) < 4.78 is 12.1. The van der Waals surface area contributed by atoms with E-state index in [1.807, 2.05) is 32.0 Å². The van der Waals surface area contributed by atoms with Gasteiger partial charge in [-0.3, -0.25) is 9.59 Å². The summed E-state index contributed by atoms with van der Waals surface area (Å²) >= 11 is 9.45. The molecule has 0 aliphatic rings. The second kappa shape index (κ2) is 13.1. The van der Waals surface area contributed by atoms with E-state index in [9.17, 15) is 9.59 Å². The van der Waals surface area contributed by atoms with E-state index >= 15 is 0 Å². The van der Waals surface area contributed by atoms with Gasteiger partial charge < -0.3 is 14.8 Å². The molecule has 0 heterocycles. The van der Waals surface area contributed by atoms with E-state index in [0.717, 1.165) is 5.56 Å². The number of nitrogens with one attached hydrogen (secondary N) is 2. The maximum atomic E-state index is 12.7. The van der Waals surface area contributed by atoms with E-state index in [0.29, 0.717) is 38.7 Å². The SMILES string of the molecule is COc1cc(/C=N/NC(=O)C(NC(=O)c2ccccc2)C(C)C)cc(Br)c1OCc1ccc(Cl)cc1. The van der Waals surface area contributed by atoms with Crippen molar-refractivity contribution in [3.05, 3.63) is 92.9 Å². The number of carbonyl (C=O) groups excluding carboxylic acids is 2. The van der Waals surface area contributed by atoms with Crippen molar-refractivity contribution in [1.29, 1.82) is 0 Å². The smallest absolute Gasteiger partial charge is 0.262 e. The van der Waals surface area contributed by atoms with Crippen LogP contribution < -0.4 is 20.2 Å². The first-order valence-electron chi connectivity index (χ1n) is 11.2. The molecule has 0 aliphatic heterocycles. The molecule has 0 radical (unpaired) electrons. The Morgan fingerprint density at radius 1 is 1.08 bits per heavy atom. The van der Waals surface area contributed by atoms with Gasteiger partial charge in [0.25, 0.3) is 11.8 Å². The number of carbonyl (C=O) groups is 2. The third-order valence-electron chi connectivity index (χ3n) is 5.21. The van der Waals surface area contributed by atoms with Gasteiger partial charge >= 0.3 is 0 Å². The van der Waals surface area contributed by atoms with Gasteiger partial charge in [0.2, 0.25) is 0 Å². The lowest BCUT2D eigenvalue weighted by atomic mass is 10.0. The van der Waals surface area contributed by atoms with Gasteiger partial charge in [-0.2, -0.15) is 5.10 Å². The minimum atomic E-state index is -0.750. The Morgan fingerprint density at radius 3 is 2.42 bits per heavy atom. The van der Waals surface area contributed by atoms with Crippen LogP contribution >= 0.6 is 27.5 Å². The first kappa shape index (κ1) is 27.2. The normalized spacial score (nSPS) is 11.8. The number of ether oxygens (including phenoxy) is 2. The zero-order chi connectivity index (χ0) is 26.1. The Bertz CT molecular complexity index is 1220. The van der Waals surface area contributed by atoms with Crippen LogP contribution in [-0.2, 0) is 11.4 Å². The van der Waals surface area contributed by atoms with Crippen molar-refractivity contribution in [3.63, 3.8) is 0 Å². The molecule has 3 rings (SSSR count). The molecule has 0 spiro atoms. The molecule has 0 saturated carbocycles. The number of nitrogens with zero attached hydrogens (tertiary/aromatic N) is 1. The first-order valence-corrected chi connectivity index (χ1v) is 12.4. The maximum absolute atomic E-state index is 12.7. The standard InChI is InChI=1S/C27H27BrClN3O4/c1-17(2)24(31-26(33)20-7-5-4-6-8-20)27(34)32-30-15-19-13-22(28)25(23(14-19)35-3)36-16-18-9-11-21(29)12-10-18/h4-15,17,24H,16H2,1-3H3,(H,31,33)(H,32,34)/b30-15+. The zero-order valence-corrected chi connectivity index (χ0v) is 22.5. The molecular formula is C27H27BrClN3O4. The second-order valence-electron chi connectivity index (χ2n) is 8.24. The van der Waals surface area contributed by atoms with Gasteiger partial charge in [-0.05, 0) is 69.4 Å². The molecule has 0 aromatic heterocycles. The van der Waals surface area contributed by atoms with Crippen molar-refractivity contribution in [1.82, 2.24) is 10.7 Å². The van der Waals surface area contributed by atoms with Crippen LogP contribution in [0.2, 0.25) is 5.02 Å². The molecule has 0 aliphatic carbocycles. The Morgan fingerprint density at radius 2 is 1.78 bits per heavy atom. The van der Waals surface area contributed by atoms with Crippen molar-refractivity contribution >= 4 is 45.6 Å². The predicted molar refractivity (Wildman–Crippen MR) is 145 cm³/mol. The van der Waals surface area contributed by atoms with Crippen LogP contribution in [0, 0.1) is 5.92 Å². The summed E-state index contributed by atoms with van der Waals surface area (Å²) in [6.07, 6.45) is 1.49. The summed E-state index contributed by atoms with van der Waals surface area (Å²) in [6, 6.07) is 18.9. The van der Waals surface area contributed by atoms with Crippen molar-refractivity contribution in [2.45, 2.75) is 26.5 Å². The summed E-state index contributed by atoms with van der Waals surface area (Å²) in [7, 11) is 1.54. The molecule has 7 nitrogen and oxygen atoms in total. The number of benzene rings is 3. The average molecular weight is 573 g/mol. The van der Waals surface area contributed by atoms with Gasteiger partial charge in [0.1, 0.15) is 12.6 Å². The largest absolute Gasteiger partial charge is 0.493 e. The number of halogens is 2. The highest BCUT2D eigenvalue weighted by atomic mass is 79.9. The molecule has 36 heavy (non-hydrogen) atoms. The molecule has 2 N–H and O–H groups in total.